The van der Waals surface area contributed by atoms with Crippen molar-refractivity contribution in [1.29, 1.82) is 0 Å². The van der Waals surface area contributed by atoms with Gasteiger partial charge in [0.15, 0.2) is 0 Å². The first-order chi connectivity index (χ1) is 8.78. The minimum absolute atomic E-state index is 0.423. The molecule has 1 heterocycles. The fourth-order valence-electron chi connectivity index (χ4n) is 2.38. The molecule has 2 N–H and O–H groups in total. The molecule has 0 aromatic heterocycles. The molecule has 0 unspecified atom stereocenters. The molecule has 0 radical (unpaired) electrons. The lowest BCUT2D eigenvalue weighted by Gasteiger charge is -2.29. The van der Waals surface area contributed by atoms with Gasteiger partial charge < -0.3 is 15.4 Å². The van der Waals surface area contributed by atoms with E-state index in [1.165, 1.54) is 5.56 Å². The van der Waals surface area contributed by atoms with Gasteiger partial charge in [-0.3, -0.25) is 0 Å². The second-order valence-electron chi connectivity index (χ2n) is 5.01. The van der Waals surface area contributed by atoms with Crippen LogP contribution in [0.1, 0.15) is 25.3 Å². The average molecular weight is 248 g/mol. The number of piperidine rings is 1. The lowest BCUT2D eigenvalue weighted by Crippen LogP contribution is -2.40. The molecule has 18 heavy (non-hydrogen) atoms. The molecule has 1 aliphatic rings. The van der Waals surface area contributed by atoms with Gasteiger partial charge in [0.2, 0.25) is 0 Å². The maximum absolute atomic E-state index is 5.91. The predicted molar refractivity (Wildman–Crippen MR) is 75.0 cm³/mol. The Kier molecular flexibility index (Phi) is 5.02. The molecule has 1 fully saturated rings. The van der Waals surface area contributed by atoms with Crippen LogP contribution in [0.15, 0.2) is 24.3 Å². The Morgan fingerprint density at radius 2 is 1.89 bits per heavy atom. The number of rotatable bonds is 5. The van der Waals surface area contributed by atoms with Crippen molar-refractivity contribution in [3.63, 3.8) is 0 Å². The Morgan fingerprint density at radius 1 is 1.22 bits per heavy atom. The highest BCUT2D eigenvalue weighted by molar-refractivity contribution is 5.27. The SMILES string of the molecule is CCOc1ccc(CCN2CCC(N)CC2)cc1. The van der Waals surface area contributed by atoms with Crippen molar-refractivity contribution >= 4 is 0 Å². The number of ether oxygens (including phenoxy) is 1. The van der Waals surface area contributed by atoms with E-state index in [-0.39, 0.29) is 0 Å². The molecule has 0 saturated carbocycles. The zero-order chi connectivity index (χ0) is 12.8. The zero-order valence-corrected chi connectivity index (χ0v) is 11.3. The first-order valence-electron chi connectivity index (χ1n) is 6.97. The number of hydrogen-bond donors (Lipinski definition) is 1. The zero-order valence-electron chi connectivity index (χ0n) is 11.3. The van der Waals surface area contributed by atoms with Crippen molar-refractivity contribution in [2.75, 3.05) is 26.2 Å². The first-order valence-corrected chi connectivity index (χ1v) is 6.97. The highest BCUT2D eigenvalue weighted by atomic mass is 16.5. The fourth-order valence-corrected chi connectivity index (χ4v) is 2.38. The summed E-state index contributed by atoms with van der Waals surface area (Å²) in [6.07, 6.45) is 3.40. The number of hydrogen-bond acceptors (Lipinski definition) is 3. The van der Waals surface area contributed by atoms with E-state index in [4.69, 9.17) is 10.5 Å². The molecule has 3 heteroatoms. The van der Waals surface area contributed by atoms with Crippen LogP contribution in [0.3, 0.4) is 0 Å². The second-order valence-corrected chi connectivity index (χ2v) is 5.01. The highest BCUT2D eigenvalue weighted by Crippen LogP contribution is 2.14. The van der Waals surface area contributed by atoms with E-state index in [1.807, 2.05) is 6.92 Å². The minimum Gasteiger partial charge on any atom is -0.494 e. The molecular formula is C15H24N2O. The molecule has 0 aliphatic carbocycles. The van der Waals surface area contributed by atoms with Crippen LogP contribution < -0.4 is 10.5 Å². The summed E-state index contributed by atoms with van der Waals surface area (Å²) in [5.41, 5.74) is 7.29. The monoisotopic (exact) mass is 248 g/mol. The first kappa shape index (κ1) is 13.4. The van der Waals surface area contributed by atoms with Crippen LogP contribution in [0.5, 0.6) is 5.75 Å². The quantitative estimate of drug-likeness (QED) is 0.866. The van der Waals surface area contributed by atoms with E-state index in [1.54, 1.807) is 0 Å². The van der Waals surface area contributed by atoms with Crippen molar-refractivity contribution < 1.29 is 4.74 Å². The Bertz CT molecular complexity index is 342. The van der Waals surface area contributed by atoms with Gasteiger partial charge in [0, 0.05) is 12.6 Å². The van der Waals surface area contributed by atoms with Gasteiger partial charge in [0.1, 0.15) is 5.75 Å². The summed E-state index contributed by atoms with van der Waals surface area (Å²) in [6.45, 7) is 6.18. The van der Waals surface area contributed by atoms with Gasteiger partial charge in [-0.1, -0.05) is 12.1 Å². The van der Waals surface area contributed by atoms with Crippen LogP contribution in [0.2, 0.25) is 0 Å². The number of nitrogens with two attached hydrogens (primary N) is 1. The van der Waals surface area contributed by atoms with Crippen LogP contribution >= 0.6 is 0 Å². The van der Waals surface area contributed by atoms with Crippen LogP contribution in [0.4, 0.5) is 0 Å². The summed E-state index contributed by atoms with van der Waals surface area (Å²) in [7, 11) is 0. The Balaban J connectivity index is 1.76. The maximum atomic E-state index is 5.91. The van der Waals surface area contributed by atoms with E-state index in [0.717, 1.165) is 51.3 Å². The maximum Gasteiger partial charge on any atom is 0.119 e. The van der Waals surface area contributed by atoms with Crippen LogP contribution in [0, 0.1) is 0 Å². The molecular weight excluding hydrogens is 224 g/mol. The van der Waals surface area contributed by atoms with E-state index < -0.39 is 0 Å². The van der Waals surface area contributed by atoms with Crippen molar-refractivity contribution in [2.24, 2.45) is 5.73 Å². The molecule has 1 aromatic rings. The van der Waals surface area contributed by atoms with E-state index in [0.29, 0.717) is 6.04 Å². The van der Waals surface area contributed by atoms with Crippen LogP contribution in [0.25, 0.3) is 0 Å². The second kappa shape index (κ2) is 6.76. The minimum atomic E-state index is 0.423. The molecule has 0 atom stereocenters. The third kappa shape index (κ3) is 4.00. The van der Waals surface area contributed by atoms with Crippen LogP contribution in [-0.2, 0) is 6.42 Å². The Morgan fingerprint density at radius 3 is 2.50 bits per heavy atom. The van der Waals surface area contributed by atoms with Crippen molar-refractivity contribution in [1.82, 2.24) is 4.90 Å². The van der Waals surface area contributed by atoms with Gasteiger partial charge in [0.25, 0.3) is 0 Å². The molecule has 100 valence electrons. The third-order valence-electron chi connectivity index (χ3n) is 3.58. The van der Waals surface area contributed by atoms with E-state index in [2.05, 4.69) is 29.2 Å². The lowest BCUT2D eigenvalue weighted by molar-refractivity contribution is 0.215. The summed E-state index contributed by atoms with van der Waals surface area (Å²) in [5.74, 6) is 0.963. The van der Waals surface area contributed by atoms with Gasteiger partial charge >= 0.3 is 0 Å². The average Bonchev–Trinajstić information content (AvgIpc) is 2.40. The van der Waals surface area contributed by atoms with E-state index >= 15 is 0 Å². The number of nitrogens with zero attached hydrogens (tertiary/aromatic N) is 1. The molecule has 1 saturated heterocycles. The Labute approximate surface area is 110 Å². The fraction of sp³-hybridized carbons (Fsp3) is 0.600. The molecule has 1 aromatic carbocycles. The smallest absolute Gasteiger partial charge is 0.119 e. The van der Waals surface area contributed by atoms with E-state index in [9.17, 15) is 0 Å². The summed E-state index contributed by atoms with van der Waals surface area (Å²) in [6, 6.07) is 8.88. The van der Waals surface area contributed by atoms with Crippen molar-refractivity contribution in [3.8, 4) is 5.75 Å². The van der Waals surface area contributed by atoms with Gasteiger partial charge in [-0.25, -0.2) is 0 Å². The number of likely N-dealkylation sites (tertiary alicyclic amines) is 1. The topological polar surface area (TPSA) is 38.5 Å². The summed E-state index contributed by atoms with van der Waals surface area (Å²) >= 11 is 0. The standard InChI is InChI=1S/C15H24N2O/c1-2-18-15-5-3-13(4-6-15)7-10-17-11-8-14(16)9-12-17/h3-6,14H,2,7-12,16H2,1H3. The number of benzene rings is 1. The highest BCUT2D eigenvalue weighted by Gasteiger charge is 2.15. The van der Waals surface area contributed by atoms with Gasteiger partial charge in [0.05, 0.1) is 6.61 Å². The summed E-state index contributed by atoms with van der Waals surface area (Å²) in [5, 5.41) is 0. The van der Waals surface area contributed by atoms with Crippen molar-refractivity contribution in [3.05, 3.63) is 29.8 Å². The van der Waals surface area contributed by atoms with Crippen LogP contribution in [-0.4, -0.2) is 37.2 Å². The molecule has 1 aliphatic heterocycles. The molecule has 0 bridgehead atoms. The van der Waals surface area contributed by atoms with Gasteiger partial charge in [-0.2, -0.15) is 0 Å². The third-order valence-corrected chi connectivity index (χ3v) is 3.58. The lowest BCUT2D eigenvalue weighted by atomic mass is 10.1. The van der Waals surface area contributed by atoms with Gasteiger partial charge in [-0.05, 0) is 57.0 Å². The summed E-state index contributed by atoms with van der Waals surface area (Å²) in [4.78, 5) is 2.51. The Hall–Kier alpha value is -1.06. The molecule has 0 amide bonds. The molecule has 0 spiro atoms. The van der Waals surface area contributed by atoms with Crippen molar-refractivity contribution in [2.45, 2.75) is 32.2 Å². The predicted octanol–water partition coefficient (Wildman–Crippen LogP) is 2.05. The van der Waals surface area contributed by atoms with Gasteiger partial charge in [-0.15, -0.1) is 0 Å². The summed E-state index contributed by atoms with van der Waals surface area (Å²) < 4.78 is 5.44. The largest absolute Gasteiger partial charge is 0.494 e. The molecule has 2 rings (SSSR count). The normalized spacial score (nSPS) is 17.9. The molecule has 3 nitrogen and oxygen atoms in total.